The van der Waals surface area contributed by atoms with Crippen molar-refractivity contribution in [1.29, 1.82) is 5.26 Å². The maximum absolute atomic E-state index is 10.2. The Bertz CT molecular complexity index is 4750. The minimum Gasteiger partial charge on any atom is -0.309 e. The van der Waals surface area contributed by atoms with Crippen LogP contribution in [-0.2, 0) is 0 Å². The number of nitrogens with zero attached hydrogens (tertiary/aromatic N) is 5. The topological polar surface area (TPSA) is 67.4 Å². The summed E-state index contributed by atoms with van der Waals surface area (Å²) in [5, 5.41) is 24.0. The highest BCUT2D eigenvalue weighted by atomic mass is 15.0. The summed E-state index contributed by atoms with van der Waals surface area (Å²) in [6, 6.07) is 91.1. The first-order chi connectivity index (χ1) is 37.1. The number of nitriles is 1. The summed E-state index contributed by atoms with van der Waals surface area (Å²) in [6.07, 6.45) is 0. The van der Waals surface area contributed by atoms with E-state index in [-0.39, 0.29) is 0 Å². The Labute approximate surface area is 431 Å². The van der Waals surface area contributed by atoms with Gasteiger partial charge < -0.3 is 4.57 Å². The molecule has 75 heavy (non-hydrogen) atoms. The van der Waals surface area contributed by atoms with Crippen LogP contribution in [0.1, 0.15) is 5.56 Å². The number of rotatable bonds is 7. The van der Waals surface area contributed by atoms with Crippen LogP contribution < -0.4 is 0 Å². The summed E-state index contributed by atoms with van der Waals surface area (Å²) in [5.41, 5.74) is 13.4. The molecule has 0 radical (unpaired) electrons. The van der Waals surface area contributed by atoms with Crippen molar-refractivity contribution in [3.63, 3.8) is 0 Å². The van der Waals surface area contributed by atoms with Gasteiger partial charge in [0.25, 0.3) is 0 Å². The van der Waals surface area contributed by atoms with Gasteiger partial charge in [0.15, 0.2) is 17.5 Å². The zero-order valence-electron chi connectivity index (χ0n) is 40.4. The molecule has 0 N–H and O–H groups in total. The van der Waals surface area contributed by atoms with Crippen LogP contribution in [0.15, 0.2) is 249 Å². The zero-order chi connectivity index (χ0) is 49.6. The standard InChI is InChI=1S/C70H41N5/c71-42-43-36-49-30-31-50-38-52(41-63-65(50)64(49)62(37-43)75(63)53-24-8-3-9-25-53)48-32-34-58-60(39-48)66(56-28-14-22-44-16-10-12-26-54(44)56)59-35-33-51(40-61(59)67(58)57-29-15-23-45-17-11-13-27-55(45)57)70-73-68(46-18-4-1-5-19-46)72-69(74-70)47-20-6-2-7-21-47/h1-41H. The molecular weight excluding hydrogens is 911 g/mol. The molecule has 0 atom stereocenters. The molecule has 346 valence electrons. The van der Waals surface area contributed by atoms with Crippen LogP contribution in [0.3, 0.4) is 0 Å². The van der Waals surface area contributed by atoms with Gasteiger partial charge in [0.1, 0.15) is 0 Å². The lowest BCUT2D eigenvalue weighted by Crippen LogP contribution is -2.00. The Morgan fingerprint density at radius 1 is 0.307 bits per heavy atom. The van der Waals surface area contributed by atoms with Gasteiger partial charge in [-0.25, -0.2) is 15.0 Å². The van der Waals surface area contributed by atoms with Crippen LogP contribution in [0.25, 0.3) is 149 Å². The highest BCUT2D eigenvalue weighted by Gasteiger charge is 2.24. The van der Waals surface area contributed by atoms with Crippen LogP contribution in [0.5, 0.6) is 0 Å². The predicted octanol–water partition coefficient (Wildman–Crippen LogP) is 18.0. The molecule has 0 fully saturated rings. The van der Waals surface area contributed by atoms with Gasteiger partial charge in [-0.2, -0.15) is 5.26 Å². The second-order valence-electron chi connectivity index (χ2n) is 19.4. The molecule has 5 heteroatoms. The fourth-order valence-electron chi connectivity index (χ4n) is 11.8. The molecule has 0 bridgehead atoms. The van der Waals surface area contributed by atoms with E-state index in [2.05, 4.69) is 211 Å². The molecule has 13 aromatic carbocycles. The molecule has 0 spiro atoms. The number of para-hydroxylation sites is 1. The van der Waals surface area contributed by atoms with Crippen molar-refractivity contribution < 1.29 is 0 Å². The maximum atomic E-state index is 10.2. The van der Waals surface area contributed by atoms with Crippen LogP contribution in [0.4, 0.5) is 0 Å². The maximum Gasteiger partial charge on any atom is 0.164 e. The molecule has 0 aliphatic carbocycles. The third-order valence-corrected chi connectivity index (χ3v) is 15.1. The van der Waals surface area contributed by atoms with E-state index in [4.69, 9.17) is 15.0 Å². The second kappa shape index (κ2) is 16.9. The van der Waals surface area contributed by atoms with Crippen LogP contribution in [-0.4, -0.2) is 19.5 Å². The quantitative estimate of drug-likeness (QED) is 0.118. The summed E-state index contributed by atoms with van der Waals surface area (Å²) in [6.45, 7) is 0. The van der Waals surface area contributed by atoms with E-state index in [1.165, 1.54) is 32.3 Å². The lowest BCUT2D eigenvalue weighted by Gasteiger charge is -2.21. The van der Waals surface area contributed by atoms with E-state index in [0.29, 0.717) is 23.0 Å². The largest absolute Gasteiger partial charge is 0.309 e. The van der Waals surface area contributed by atoms with Crippen molar-refractivity contribution in [2.75, 3.05) is 0 Å². The highest BCUT2D eigenvalue weighted by molar-refractivity contribution is 6.28. The van der Waals surface area contributed by atoms with Gasteiger partial charge in [-0.3, -0.25) is 0 Å². The summed E-state index contributed by atoms with van der Waals surface area (Å²) in [7, 11) is 0. The molecule has 5 nitrogen and oxygen atoms in total. The van der Waals surface area contributed by atoms with Crippen molar-refractivity contribution in [2.45, 2.75) is 0 Å². The average Bonchev–Trinajstić information content (AvgIpc) is 3.82. The number of benzene rings is 13. The molecule has 0 aliphatic rings. The average molecular weight is 952 g/mol. The molecule has 15 rings (SSSR count). The Kier molecular flexibility index (Phi) is 9.57. The molecule has 0 unspecified atom stereocenters. The van der Waals surface area contributed by atoms with E-state index in [0.717, 1.165) is 99.1 Å². The summed E-state index contributed by atoms with van der Waals surface area (Å²) in [4.78, 5) is 15.5. The van der Waals surface area contributed by atoms with Gasteiger partial charge in [-0.1, -0.05) is 200 Å². The molecule has 0 aliphatic heterocycles. The first kappa shape index (κ1) is 42.4. The second-order valence-corrected chi connectivity index (χ2v) is 19.4. The lowest BCUT2D eigenvalue weighted by atomic mass is 9.82. The minimum atomic E-state index is 0.605. The van der Waals surface area contributed by atoms with E-state index < -0.39 is 0 Å². The Morgan fingerprint density at radius 3 is 1.35 bits per heavy atom. The SMILES string of the molecule is N#Cc1cc2ccc3cc(-c4ccc5c(-c6cccc7ccccc67)c6cc(-c7nc(-c8ccccc8)nc(-c8ccccc8)n7)ccc6c(-c6cccc7ccccc67)c5c4)cc4c3c2c(c1)n4-c1ccccc1. The molecule has 2 heterocycles. The van der Waals surface area contributed by atoms with Crippen molar-refractivity contribution in [3.8, 4) is 79.3 Å². The normalized spacial score (nSPS) is 11.7. The number of aromatic nitrogens is 4. The summed E-state index contributed by atoms with van der Waals surface area (Å²) in [5.74, 6) is 1.85. The van der Waals surface area contributed by atoms with E-state index in [9.17, 15) is 5.26 Å². The van der Waals surface area contributed by atoms with Gasteiger partial charge in [-0.05, 0) is 136 Å². The number of fused-ring (bicyclic) bond motifs is 4. The van der Waals surface area contributed by atoms with Gasteiger partial charge >= 0.3 is 0 Å². The number of hydrogen-bond acceptors (Lipinski definition) is 4. The first-order valence-corrected chi connectivity index (χ1v) is 25.3. The van der Waals surface area contributed by atoms with Crippen molar-refractivity contribution in [1.82, 2.24) is 19.5 Å². The molecule has 2 aromatic heterocycles. The Morgan fingerprint density at radius 2 is 0.773 bits per heavy atom. The van der Waals surface area contributed by atoms with E-state index in [1.807, 2.05) is 48.5 Å². The molecule has 0 saturated carbocycles. The van der Waals surface area contributed by atoms with Crippen molar-refractivity contribution >= 4 is 75.7 Å². The third kappa shape index (κ3) is 6.82. The number of hydrogen-bond donors (Lipinski definition) is 0. The Balaban J connectivity index is 1.05. The monoisotopic (exact) mass is 951 g/mol. The highest BCUT2D eigenvalue weighted by Crippen LogP contribution is 2.49. The van der Waals surface area contributed by atoms with Crippen molar-refractivity contribution in [3.05, 3.63) is 254 Å². The fourth-order valence-corrected chi connectivity index (χ4v) is 11.8. The summed E-state index contributed by atoms with van der Waals surface area (Å²) < 4.78 is 2.33. The molecule has 15 aromatic rings. The minimum absolute atomic E-state index is 0.605. The molecular formula is C70H41N5. The summed E-state index contributed by atoms with van der Waals surface area (Å²) >= 11 is 0. The molecule has 0 saturated heterocycles. The van der Waals surface area contributed by atoms with Gasteiger partial charge in [0.2, 0.25) is 0 Å². The van der Waals surface area contributed by atoms with Gasteiger partial charge in [-0.15, -0.1) is 0 Å². The van der Waals surface area contributed by atoms with Crippen molar-refractivity contribution in [2.24, 2.45) is 0 Å². The van der Waals surface area contributed by atoms with E-state index >= 15 is 0 Å². The third-order valence-electron chi connectivity index (χ3n) is 15.1. The molecule has 0 amide bonds. The van der Waals surface area contributed by atoms with Gasteiger partial charge in [0, 0.05) is 33.2 Å². The van der Waals surface area contributed by atoms with Crippen LogP contribution >= 0.6 is 0 Å². The van der Waals surface area contributed by atoms with Crippen LogP contribution in [0.2, 0.25) is 0 Å². The van der Waals surface area contributed by atoms with Gasteiger partial charge in [0.05, 0.1) is 22.7 Å². The zero-order valence-corrected chi connectivity index (χ0v) is 40.4. The smallest absolute Gasteiger partial charge is 0.164 e. The van der Waals surface area contributed by atoms with E-state index in [1.54, 1.807) is 0 Å². The Hall–Kier alpha value is -10.3. The predicted molar refractivity (Wildman–Crippen MR) is 310 cm³/mol. The van der Waals surface area contributed by atoms with Crippen LogP contribution in [0, 0.1) is 11.3 Å². The lowest BCUT2D eigenvalue weighted by molar-refractivity contribution is 1.07. The fraction of sp³-hybridized carbons (Fsp3) is 0. The first-order valence-electron chi connectivity index (χ1n) is 25.3.